The number of morpholine rings is 1. The van der Waals surface area contributed by atoms with Crippen molar-refractivity contribution in [3.05, 3.63) is 0 Å². The van der Waals surface area contributed by atoms with Crippen molar-refractivity contribution in [3.8, 4) is 0 Å². The van der Waals surface area contributed by atoms with Crippen LogP contribution >= 0.6 is 11.6 Å². The van der Waals surface area contributed by atoms with E-state index in [0.717, 1.165) is 12.8 Å². The molecular formula is C13H22ClNO2. The molecule has 0 radical (unpaired) electrons. The van der Waals surface area contributed by atoms with E-state index in [1.807, 2.05) is 11.8 Å². The van der Waals surface area contributed by atoms with E-state index in [-0.39, 0.29) is 17.6 Å². The summed E-state index contributed by atoms with van der Waals surface area (Å²) in [6, 6.07) is 0. The number of hydrogen-bond donors (Lipinski definition) is 0. The van der Waals surface area contributed by atoms with Crippen molar-refractivity contribution in [2.45, 2.75) is 51.7 Å². The Morgan fingerprint density at radius 1 is 1.41 bits per heavy atom. The number of carbonyl (C=O) groups is 1. The zero-order chi connectivity index (χ0) is 12.5. The summed E-state index contributed by atoms with van der Waals surface area (Å²) in [4.78, 5) is 14.5. The zero-order valence-corrected chi connectivity index (χ0v) is 11.5. The monoisotopic (exact) mass is 259 g/mol. The number of ether oxygens (including phenoxy) is 1. The molecule has 0 bridgehead atoms. The first kappa shape index (κ1) is 13.2. The maximum absolute atomic E-state index is 12.6. The summed E-state index contributed by atoms with van der Waals surface area (Å²) in [5.74, 6) is 0.769. The summed E-state index contributed by atoms with van der Waals surface area (Å²) in [7, 11) is 0. The molecule has 1 aliphatic carbocycles. The minimum Gasteiger partial charge on any atom is -0.370 e. The van der Waals surface area contributed by atoms with Crippen molar-refractivity contribution in [2.24, 2.45) is 5.41 Å². The summed E-state index contributed by atoms with van der Waals surface area (Å²) in [5.41, 5.74) is -0.131. The van der Waals surface area contributed by atoms with Crippen LogP contribution in [0.5, 0.6) is 0 Å². The van der Waals surface area contributed by atoms with Gasteiger partial charge in [0.25, 0.3) is 0 Å². The molecule has 2 aliphatic rings. The molecule has 1 saturated carbocycles. The van der Waals surface area contributed by atoms with Crippen LogP contribution in [0, 0.1) is 5.41 Å². The second-order valence-electron chi connectivity index (χ2n) is 5.70. The maximum Gasteiger partial charge on any atom is 0.228 e. The Hall–Kier alpha value is -0.280. The molecule has 98 valence electrons. The van der Waals surface area contributed by atoms with Crippen LogP contribution in [-0.2, 0) is 9.53 Å². The highest BCUT2D eigenvalue weighted by molar-refractivity contribution is 6.18. The first-order valence-electron chi connectivity index (χ1n) is 6.56. The van der Waals surface area contributed by atoms with Crippen LogP contribution in [0.2, 0.25) is 0 Å². The van der Waals surface area contributed by atoms with Crippen molar-refractivity contribution in [2.75, 3.05) is 19.0 Å². The lowest BCUT2D eigenvalue weighted by Crippen LogP contribution is -2.53. The average Bonchev–Trinajstić information content (AvgIpc) is 2.75. The molecule has 0 aromatic rings. The lowest BCUT2D eigenvalue weighted by atomic mass is 9.86. The maximum atomic E-state index is 12.6. The fourth-order valence-electron chi connectivity index (χ4n) is 3.05. The number of amides is 1. The van der Waals surface area contributed by atoms with E-state index >= 15 is 0 Å². The van der Waals surface area contributed by atoms with Gasteiger partial charge in [-0.15, -0.1) is 11.6 Å². The minimum absolute atomic E-state index is 0.00521. The molecule has 1 heterocycles. The van der Waals surface area contributed by atoms with Crippen LogP contribution in [0.4, 0.5) is 0 Å². The molecule has 0 aromatic heterocycles. The molecule has 2 unspecified atom stereocenters. The highest BCUT2D eigenvalue weighted by Crippen LogP contribution is 2.39. The number of hydrogen-bond acceptors (Lipinski definition) is 2. The molecule has 2 atom stereocenters. The third-order valence-electron chi connectivity index (χ3n) is 4.01. The quantitative estimate of drug-likeness (QED) is 0.713. The number of alkyl halides is 1. The van der Waals surface area contributed by atoms with Gasteiger partial charge in [-0.2, -0.15) is 0 Å². The highest BCUT2D eigenvalue weighted by atomic mass is 35.5. The van der Waals surface area contributed by atoms with Gasteiger partial charge in [-0.1, -0.05) is 19.8 Å². The van der Waals surface area contributed by atoms with Crippen LogP contribution < -0.4 is 0 Å². The molecule has 1 aliphatic heterocycles. The Morgan fingerprint density at radius 2 is 2.06 bits per heavy atom. The molecule has 0 aromatic carbocycles. The van der Waals surface area contributed by atoms with Gasteiger partial charge in [0.2, 0.25) is 5.91 Å². The van der Waals surface area contributed by atoms with Gasteiger partial charge in [-0.05, 0) is 19.8 Å². The number of halogens is 1. The Kier molecular flexibility index (Phi) is 3.99. The van der Waals surface area contributed by atoms with Gasteiger partial charge in [-0.25, -0.2) is 0 Å². The van der Waals surface area contributed by atoms with Crippen LogP contribution in [0.3, 0.4) is 0 Å². The fourth-order valence-corrected chi connectivity index (χ4v) is 3.22. The largest absolute Gasteiger partial charge is 0.370 e. The summed E-state index contributed by atoms with van der Waals surface area (Å²) >= 11 is 5.85. The Labute approximate surface area is 108 Å². The molecule has 0 spiro atoms. The third kappa shape index (κ3) is 2.76. The number of rotatable bonds is 2. The molecule has 1 amide bonds. The number of carbonyl (C=O) groups excluding carboxylic acids is 1. The van der Waals surface area contributed by atoms with Crippen molar-refractivity contribution >= 4 is 17.5 Å². The molecular weight excluding hydrogens is 238 g/mol. The van der Waals surface area contributed by atoms with Gasteiger partial charge in [0, 0.05) is 18.5 Å². The van der Waals surface area contributed by atoms with E-state index < -0.39 is 0 Å². The van der Waals surface area contributed by atoms with Crippen molar-refractivity contribution < 1.29 is 9.53 Å². The van der Waals surface area contributed by atoms with E-state index in [2.05, 4.69) is 6.92 Å². The Balaban J connectivity index is 2.03. The van der Waals surface area contributed by atoms with E-state index in [9.17, 15) is 4.79 Å². The molecule has 17 heavy (non-hydrogen) atoms. The predicted molar refractivity (Wildman–Crippen MR) is 68.2 cm³/mol. The second-order valence-corrected chi connectivity index (χ2v) is 6.01. The second kappa shape index (κ2) is 5.15. The van der Waals surface area contributed by atoms with Gasteiger partial charge in [0.1, 0.15) is 0 Å². The van der Waals surface area contributed by atoms with Crippen LogP contribution in [0.1, 0.15) is 39.5 Å². The van der Waals surface area contributed by atoms with Gasteiger partial charge in [0.15, 0.2) is 0 Å². The van der Waals surface area contributed by atoms with Crippen molar-refractivity contribution in [1.29, 1.82) is 0 Å². The topological polar surface area (TPSA) is 29.5 Å². The smallest absolute Gasteiger partial charge is 0.228 e. The van der Waals surface area contributed by atoms with E-state index in [4.69, 9.17) is 16.3 Å². The lowest BCUT2D eigenvalue weighted by molar-refractivity contribution is -0.152. The summed E-state index contributed by atoms with van der Waals surface area (Å²) in [6.07, 6.45) is 4.52. The SMILES string of the molecule is CC1CN(C(=O)C2(C)CCCC2)CC(CCl)O1. The number of nitrogens with zero attached hydrogens (tertiary/aromatic N) is 1. The van der Waals surface area contributed by atoms with Gasteiger partial charge < -0.3 is 9.64 Å². The van der Waals surface area contributed by atoms with E-state index in [1.54, 1.807) is 0 Å². The molecule has 3 nitrogen and oxygen atoms in total. The first-order chi connectivity index (χ1) is 8.05. The molecule has 2 fully saturated rings. The average molecular weight is 260 g/mol. The van der Waals surface area contributed by atoms with Gasteiger partial charge in [-0.3, -0.25) is 4.79 Å². The standard InChI is InChI=1S/C13H22ClNO2/c1-10-8-15(9-11(7-14)17-10)12(16)13(2)5-3-4-6-13/h10-11H,3-9H2,1-2H3. The predicted octanol–water partition coefficient (Wildman–Crippen LogP) is 2.42. The van der Waals surface area contributed by atoms with Crippen molar-refractivity contribution in [1.82, 2.24) is 4.90 Å². The van der Waals surface area contributed by atoms with Gasteiger partial charge >= 0.3 is 0 Å². The van der Waals surface area contributed by atoms with Crippen LogP contribution in [0.15, 0.2) is 0 Å². The third-order valence-corrected chi connectivity index (χ3v) is 4.35. The lowest BCUT2D eigenvalue weighted by Gasteiger charge is -2.39. The molecule has 4 heteroatoms. The molecule has 2 rings (SSSR count). The molecule has 1 saturated heterocycles. The summed E-state index contributed by atoms with van der Waals surface area (Å²) < 4.78 is 5.69. The zero-order valence-electron chi connectivity index (χ0n) is 10.7. The minimum atomic E-state index is -0.131. The van der Waals surface area contributed by atoms with Crippen LogP contribution in [0.25, 0.3) is 0 Å². The van der Waals surface area contributed by atoms with E-state index in [1.165, 1.54) is 12.8 Å². The highest BCUT2D eigenvalue weighted by Gasteiger charge is 2.41. The summed E-state index contributed by atoms with van der Waals surface area (Å²) in [6.45, 7) is 5.48. The fraction of sp³-hybridized carbons (Fsp3) is 0.923. The van der Waals surface area contributed by atoms with Gasteiger partial charge in [0.05, 0.1) is 18.1 Å². The normalized spacial score (nSPS) is 32.8. The Bertz CT molecular complexity index is 289. The van der Waals surface area contributed by atoms with Crippen LogP contribution in [-0.4, -0.2) is 42.0 Å². The Morgan fingerprint density at radius 3 is 2.65 bits per heavy atom. The van der Waals surface area contributed by atoms with Crippen molar-refractivity contribution in [3.63, 3.8) is 0 Å². The molecule has 0 N–H and O–H groups in total. The van der Waals surface area contributed by atoms with E-state index in [0.29, 0.717) is 24.9 Å². The summed E-state index contributed by atoms with van der Waals surface area (Å²) in [5, 5.41) is 0. The first-order valence-corrected chi connectivity index (χ1v) is 7.09.